The Kier molecular flexibility index (Phi) is 3.82. The molecule has 1 atom stereocenters. The molecule has 0 aromatic carbocycles. The fourth-order valence-electron chi connectivity index (χ4n) is 3.13. The van der Waals surface area contributed by atoms with Crippen LogP contribution in [-0.2, 0) is 13.5 Å². The van der Waals surface area contributed by atoms with Crippen LogP contribution in [-0.4, -0.2) is 38.7 Å². The molecule has 1 fully saturated rings. The van der Waals surface area contributed by atoms with Gasteiger partial charge >= 0.3 is 0 Å². The number of likely N-dealkylation sites (tertiary alicyclic amines) is 1. The fraction of sp³-hybridized carbons (Fsp3) is 0.500. The normalized spacial score (nSPS) is 19.0. The zero-order chi connectivity index (χ0) is 14.8. The number of carbonyl (C=O) groups excluding carboxylic acids is 1. The molecule has 1 aliphatic rings. The molecule has 0 spiro atoms. The summed E-state index contributed by atoms with van der Waals surface area (Å²) in [4.78, 5) is 14.6. The first kappa shape index (κ1) is 13.9. The molecule has 2 aromatic heterocycles. The quantitative estimate of drug-likeness (QED) is 0.940. The van der Waals surface area contributed by atoms with E-state index >= 15 is 0 Å². The van der Waals surface area contributed by atoms with Crippen LogP contribution in [0.25, 0.3) is 0 Å². The van der Waals surface area contributed by atoms with Gasteiger partial charge in [-0.15, -0.1) is 0 Å². The monoisotopic (exact) mass is 286 g/mol. The third-order valence-electron chi connectivity index (χ3n) is 4.40. The Hall–Kier alpha value is -2.04. The number of aromatic nitrogens is 3. The van der Waals surface area contributed by atoms with Crippen LogP contribution in [0.5, 0.6) is 0 Å². The van der Waals surface area contributed by atoms with Gasteiger partial charge in [0.2, 0.25) is 0 Å². The second-order valence-electron chi connectivity index (χ2n) is 6.00. The predicted octanol–water partition coefficient (Wildman–Crippen LogP) is 2.15. The largest absolute Gasteiger partial charge is 0.347 e. The Labute approximate surface area is 125 Å². The van der Waals surface area contributed by atoms with E-state index in [1.165, 1.54) is 17.7 Å². The van der Waals surface area contributed by atoms with Crippen molar-refractivity contribution in [3.8, 4) is 0 Å². The van der Waals surface area contributed by atoms with E-state index in [9.17, 15) is 4.79 Å². The molecule has 1 N–H and O–H groups in total. The molecule has 2 aromatic rings. The van der Waals surface area contributed by atoms with E-state index in [0.29, 0.717) is 5.92 Å². The lowest BCUT2D eigenvalue weighted by Crippen LogP contribution is -2.41. The number of hydrogen-bond donors (Lipinski definition) is 1. The van der Waals surface area contributed by atoms with Crippen molar-refractivity contribution in [3.63, 3.8) is 0 Å². The van der Waals surface area contributed by atoms with Gasteiger partial charge in [-0.2, -0.15) is 5.10 Å². The number of nitrogens with zero attached hydrogens (tertiary/aromatic N) is 3. The zero-order valence-corrected chi connectivity index (χ0v) is 12.7. The van der Waals surface area contributed by atoms with Gasteiger partial charge in [-0.3, -0.25) is 9.89 Å². The van der Waals surface area contributed by atoms with Crippen molar-refractivity contribution in [1.82, 2.24) is 19.7 Å². The van der Waals surface area contributed by atoms with Gasteiger partial charge in [0.15, 0.2) is 0 Å². The molecular formula is C16H22N4O. The van der Waals surface area contributed by atoms with Crippen LogP contribution in [0.15, 0.2) is 24.5 Å². The Morgan fingerprint density at radius 2 is 2.38 bits per heavy atom. The number of amides is 1. The number of aromatic amines is 1. The molecule has 0 saturated carbocycles. The van der Waals surface area contributed by atoms with Gasteiger partial charge in [0.1, 0.15) is 5.69 Å². The first-order valence-electron chi connectivity index (χ1n) is 7.54. The molecule has 112 valence electrons. The van der Waals surface area contributed by atoms with E-state index in [0.717, 1.165) is 31.6 Å². The molecule has 0 aliphatic carbocycles. The molecule has 21 heavy (non-hydrogen) atoms. The van der Waals surface area contributed by atoms with Gasteiger partial charge < -0.3 is 9.47 Å². The Morgan fingerprint density at radius 3 is 3.05 bits per heavy atom. The average Bonchev–Trinajstić information content (AvgIpc) is 3.08. The highest BCUT2D eigenvalue weighted by Gasteiger charge is 2.26. The summed E-state index contributed by atoms with van der Waals surface area (Å²) >= 11 is 0. The summed E-state index contributed by atoms with van der Waals surface area (Å²) in [5.41, 5.74) is 3.18. The van der Waals surface area contributed by atoms with Crippen LogP contribution < -0.4 is 0 Å². The SMILES string of the molecule is Cc1cn[nH]c1C[C@H]1CCCN(C(=O)c2cccn2C)C1. The zero-order valence-electron chi connectivity index (χ0n) is 12.7. The van der Waals surface area contributed by atoms with Gasteiger partial charge in [0.05, 0.1) is 6.20 Å². The molecule has 3 rings (SSSR count). The summed E-state index contributed by atoms with van der Waals surface area (Å²) in [5.74, 6) is 0.663. The first-order chi connectivity index (χ1) is 10.1. The van der Waals surface area contributed by atoms with Gasteiger partial charge in [-0.05, 0) is 49.8 Å². The number of carbonyl (C=O) groups is 1. The summed E-state index contributed by atoms with van der Waals surface area (Å²) in [7, 11) is 1.92. The Balaban J connectivity index is 1.67. The topological polar surface area (TPSA) is 53.9 Å². The van der Waals surface area contributed by atoms with E-state index in [-0.39, 0.29) is 5.91 Å². The average molecular weight is 286 g/mol. The first-order valence-corrected chi connectivity index (χ1v) is 7.54. The number of piperidine rings is 1. The predicted molar refractivity (Wildman–Crippen MR) is 81.1 cm³/mol. The highest BCUT2D eigenvalue weighted by Crippen LogP contribution is 2.22. The van der Waals surface area contributed by atoms with Gasteiger partial charge in [0, 0.05) is 32.0 Å². The maximum Gasteiger partial charge on any atom is 0.270 e. The number of rotatable bonds is 3. The maximum atomic E-state index is 12.6. The smallest absolute Gasteiger partial charge is 0.270 e. The van der Waals surface area contributed by atoms with E-state index in [1.807, 2.05) is 41.0 Å². The van der Waals surface area contributed by atoms with Crippen LogP contribution in [0.2, 0.25) is 0 Å². The lowest BCUT2D eigenvalue weighted by atomic mass is 9.92. The molecule has 0 radical (unpaired) electrons. The fourth-order valence-corrected chi connectivity index (χ4v) is 3.13. The molecular weight excluding hydrogens is 264 g/mol. The highest BCUT2D eigenvalue weighted by atomic mass is 16.2. The molecule has 1 amide bonds. The molecule has 1 saturated heterocycles. The van der Waals surface area contributed by atoms with Crippen molar-refractivity contribution in [2.45, 2.75) is 26.2 Å². The lowest BCUT2D eigenvalue weighted by Gasteiger charge is -2.32. The molecule has 3 heterocycles. The van der Waals surface area contributed by atoms with Crippen molar-refractivity contribution in [2.24, 2.45) is 13.0 Å². The van der Waals surface area contributed by atoms with Gasteiger partial charge in [-0.25, -0.2) is 0 Å². The van der Waals surface area contributed by atoms with Crippen LogP contribution in [0.4, 0.5) is 0 Å². The second-order valence-corrected chi connectivity index (χ2v) is 6.00. The number of hydrogen-bond acceptors (Lipinski definition) is 2. The molecule has 0 unspecified atom stereocenters. The minimum atomic E-state index is 0.147. The maximum absolute atomic E-state index is 12.6. The molecule has 1 aliphatic heterocycles. The minimum absolute atomic E-state index is 0.147. The molecule has 5 heteroatoms. The van der Waals surface area contributed by atoms with E-state index in [4.69, 9.17) is 0 Å². The summed E-state index contributed by atoms with van der Waals surface area (Å²) in [5, 5.41) is 7.16. The van der Waals surface area contributed by atoms with Gasteiger partial charge in [0.25, 0.3) is 5.91 Å². The van der Waals surface area contributed by atoms with E-state index in [2.05, 4.69) is 17.1 Å². The summed E-state index contributed by atoms with van der Waals surface area (Å²) < 4.78 is 1.89. The lowest BCUT2D eigenvalue weighted by molar-refractivity contribution is 0.0663. The number of nitrogens with one attached hydrogen (secondary N) is 1. The minimum Gasteiger partial charge on any atom is -0.347 e. The van der Waals surface area contributed by atoms with Crippen LogP contribution in [0.3, 0.4) is 0 Å². The van der Waals surface area contributed by atoms with Crippen molar-refractivity contribution in [2.75, 3.05) is 13.1 Å². The summed E-state index contributed by atoms with van der Waals surface area (Å²) in [6.45, 7) is 3.78. The third kappa shape index (κ3) is 2.86. The van der Waals surface area contributed by atoms with E-state index in [1.54, 1.807) is 0 Å². The van der Waals surface area contributed by atoms with Crippen LogP contribution in [0, 0.1) is 12.8 Å². The number of aryl methyl sites for hydroxylation is 2. The van der Waals surface area contributed by atoms with Crippen molar-refractivity contribution < 1.29 is 4.79 Å². The summed E-state index contributed by atoms with van der Waals surface area (Å²) in [6, 6.07) is 3.81. The van der Waals surface area contributed by atoms with E-state index < -0.39 is 0 Å². The van der Waals surface area contributed by atoms with Crippen LogP contribution >= 0.6 is 0 Å². The van der Waals surface area contributed by atoms with Crippen molar-refractivity contribution in [3.05, 3.63) is 41.5 Å². The Bertz CT molecular complexity index is 628. The Morgan fingerprint density at radius 1 is 1.52 bits per heavy atom. The van der Waals surface area contributed by atoms with Gasteiger partial charge in [-0.1, -0.05) is 0 Å². The second kappa shape index (κ2) is 5.76. The van der Waals surface area contributed by atoms with Crippen molar-refractivity contribution >= 4 is 5.91 Å². The standard InChI is InChI=1S/C16H22N4O/c1-12-10-17-18-14(12)9-13-5-3-8-20(11-13)16(21)15-6-4-7-19(15)2/h4,6-7,10,13H,3,5,8-9,11H2,1-2H3,(H,17,18)/t13-/m1/s1. The molecule has 0 bridgehead atoms. The molecule has 5 nitrogen and oxygen atoms in total. The summed E-state index contributed by atoms with van der Waals surface area (Å²) in [6.07, 6.45) is 7.01. The third-order valence-corrected chi connectivity index (χ3v) is 4.40. The highest BCUT2D eigenvalue weighted by molar-refractivity contribution is 5.92. The number of H-pyrrole nitrogens is 1. The van der Waals surface area contributed by atoms with Crippen molar-refractivity contribution in [1.29, 1.82) is 0 Å². The van der Waals surface area contributed by atoms with Crippen LogP contribution in [0.1, 0.15) is 34.6 Å².